The van der Waals surface area contributed by atoms with Crippen LogP contribution in [0.15, 0.2) is 17.1 Å². The van der Waals surface area contributed by atoms with Crippen molar-refractivity contribution in [1.29, 1.82) is 0 Å². The summed E-state index contributed by atoms with van der Waals surface area (Å²) in [6.07, 6.45) is 7.21. The number of nitrogens with one attached hydrogen (secondary N) is 2. The van der Waals surface area contributed by atoms with Crippen LogP contribution in [0.4, 0.5) is 0 Å². The topological polar surface area (TPSA) is 52.1 Å². The molecule has 0 saturated carbocycles. The summed E-state index contributed by atoms with van der Waals surface area (Å²) in [5, 5.41) is 7.20. The fourth-order valence-corrected chi connectivity index (χ4v) is 4.87. The number of hydrogen-bond donors (Lipinski definition) is 2. The SMILES string of the molecule is C=C(C)CN1CCC(NC(=NCC2(N3CCCC3)CCOCC2)NCC)CC1. The highest BCUT2D eigenvalue weighted by atomic mass is 16.5. The van der Waals surface area contributed by atoms with Crippen LogP contribution in [0.2, 0.25) is 0 Å². The maximum Gasteiger partial charge on any atom is 0.191 e. The minimum atomic E-state index is 0.196. The van der Waals surface area contributed by atoms with Crippen LogP contribution in [0, 0.1) is 0 Å². The average Bonchev–Trinajstić information content (AvgIpc) is 3.24. The van der Waals surface area contributed by atoms with E-state index in [1.165, 1.54) is 44.3 Å². The first kappa shape index (κ1) is 21.6. The molecule has 28 heavy (non-hydrogen) atoms. The molecular formula is C22H41N5O. The quantitative estimate of drug-likeness (QED) is 0.396. The van der Waals surface area contributed by atoms with Gasteiger partial charge in [0, 0.05) is 51.0 Å². The Bertz CT molecular complexity index is 515. The van der Waals surface area contributed by atoms with Gasteiger partial charge in [-0.1, -0.05) is 12.2 Å². The number of rotatable bonds is 7. The van der Waals surface area contributed by atoms with Crippen LogP contribution in [0.1, 0.15) is 52.4 Å². The van der Waals surface area contributed by atoms with E-state index in [9.17, 15) is 0 Å². The van der Waals surface area contributed by atoms with Gasteiger partial charge in [0.25, 0.3) is 0 Å². The number of ether oxygens (including phenoxy) is 1. The van der Waals surface area contributed by atoms with Gasteiger partial charge >= 0.3 is 0 Å². The van der Waals surface area contributed by atoms with Crippen molar-refractivity contribution in [3.05, 3.63) is 12.2 Å². The van der Waals surface area contributed by atoms with Crippen LogP contribution in [0.25, 0.3) is 0 Å². The maximum atomic E-state index is 5.68. The van der Waals surface area contributed by atoms with E-state index in [1.54, 1.807) is 0 Å². The van der Waals surface area contributed by atoms with Gasteiger partial charge < -0.3 is 15.4 Å². The Hall–Kier alpha value is -1.11. The van der Waals surface area contributed by atoms with Crippen LogP contribution in [-0.2, 0) is 4.74 Å². The monoisotopic (exact) mass is 391 g/mol. The summed E-state index contributed by atoms with van der Waals surface area (Å²) in [5.74, 6) is 0.992. The van der Waals surface area contributed by atoms with Crippen molar-refractivity contribution in [2.45, 2.75) is 64.0 Å². The Kier molecular flexibility index (Phi) is 8.18. The zero-order chi connectivity index (χ0) is 19.8. The van der Waals surface area contributed by atoms with Crippen molar-refractivity contribution < 1.29 is 4.74 Å². The van der Waals surface area contributed by atoms with Gasteiger partial charge in [-0.3, -0.25) is 14.8 Å². The van der Waals surface area contributed by atoms with E-state index in [4.69, 9.17) is 9.73 Å². The summed E-state index contributed by atoms with van der Waals surface area (Å²) in [5.41, 5.74) is 1.45. The van der Waals surface area contributed by atoms with Crippen LogP contribution < -0.4 is 10.6 Å². The molecule has 0 aromatic rings. The Morgan fingerprint density at radius 2 is 1.82 bits per heavy atom. The number of piperidine rings is 1. The molecular weight excluding hydrogens is 350 g/mol. The van der Waals surface area contributed by atoms with Crippen molar-refractivity contribution in [2.24, 2.45) is 4.99 Å². The second-order valence-electron chi connectivity index (χ2n) is 8.88. The lowest BCUT2D eigenvalue weighted by molar-refractivity contribution is -0.0139. The third-order valence-corrected chi connectivity index (χ3v) is 6.50. The first-order valence-corrected chi connectivity index (χ1v) is 11.4. The molecule has 0 radical (unpaired) electrons. The maximum absolute atomic E-state index is 5.68. The highest BCUT2D eigenvalue weighted by Gasteiger charge is 2.39. The van der Waals surface area contributed by atoms with Crippen molar-refractivity contribution in [2.75, 3.05) is 59.0 Å². The molecule has 0 atom stereocenters. The molecule has 0 aliphatic carbocycles. The Morgan fingerprint density at radius 1 is 1.14 bits per heavy atom. The number of aliphatic imine (C=N–C) groups is 1. The normalized spacial score (nSPS) is 25.0. The molecule has 0 amide bonds. The molecule has 3 saturated heterocycles. The molecule has 6 heteroatoms. The summed E-state index contributed by atoms with van der Waals surface area (Å²) in [6, 6.07) is 0.511. The van der Waals surface area contributed by atoms with Gasteiger partial charge in [0.2, 0.25) is 0 Å². The van der Waals surface area contributed by atoms with Gasteiger partial charge in [-0.15, -0.1) is 0 Å². The minimum Gasteiger partial charge on any atom is -0.381 e. The van der Waals surface area contributed by atoms with Gasteiger partial charge in [0.15, 0.2) is 5.96 Å². The van der Waals surface area contributed by atoms with E-state index in [-0.39, 0.29) is 5.54 Å². The molecule has 3 heterocycles. The zero-order valence-electron chi connectivity index (χ0n) is 18.1. The first-order valence-electron chi connectivity index (χ1n) is 11.4. The predicted octanol–water partition coefficient (Wildman–Crippen LogP) is 2.23. The van der Waals surface area contributed by atoms with E-state index in [0.717, 1.165) is 64.7 Å². The van der Waals surface area contributed by atoms with Gasteiger partial charge in [0.05, 0.1) is 6.54 Å². The number of hydrogen-bond acceptors (Lipinski definition) is 4. The second kappa shape index (κ2) is 10.6. The lowest BCUT2D eigenvalue weighted by Gasteiger charge is -2.43. The van der Waals surface area contributed by atoms with Gasteiger partial charge in [0.1, 0.15) is 0 Å². The third kappa shape index (κ3) is 5.94. The summed E-state index contributed by atoms with van der Waals surface area (Å²) < 4.78 is 5.68. The standard InChI is InChI=1S/C22H41N5O/c1-4-23-21(25-20-7-13-26(14-8-20)17-19(2)3)24-18-22(9-15-28-16-10-22)27-11-5-6-12-27/h20H,2,4-18H2,1,3H3,(H2,23,24,25). The van der Waals surface area contributed by atoms with Crippen LogP contribution in [0.5, 0.6) is 0 Å². The highest BCUT2D eigenvalue weighted by Crippen LogP contribution is 2.31. The fourth-order valence-electron chi connectivity index (χ4n) is 4.87. The number of nitrogens with zero attached hydrogens (tertiary/aromatic N) is 3. The van der Waals surface area contributed by atoms with Crippen molar-refractivity contribution in [3.63, 3.8) is 0 Å². The van der Waals surface area contributed by atoms with Crippen LogP contribution in [-0.4, -0.2) is 86.4 Å². The molecule has 0 bridgehead atoms. The summed E-state index contributed by atoms with van der Waals surface area (Å²) >= 11 is 0. The third-order valence-electron chi connectivity index (χ3n) is 6.50. The van der Waals surface area contributed by atoms with Gasteiger partial charge in [-0.05, 0) is 65.5 Å². The molecule has 0 aromatic heterocycles. The largest absolute Gasteiger partial charge is 0.381 e. The van der Waals surface area contributed by atoms with E-state index in [1.807, 2.05) is 0 Å². The molecule has 3 aliphatic heterocycles. The molecule has 3 fully saturated rings. The Labute approximate surface area is 171 Å². The van der Waals surface area contributed by atoms with Crippen LogP contribution in [0.3, 0.4) is 0 Å². The van der Waals surface area contributed by atoms with E-state index < -0.39 is 0 Å². The summed E-state index contributed by atoms with van der Waals surface area (Å²) in [4.78, 5) is 10.3. The molecule has 3 rings (SSSR count). The van der Waals surface area contributed by atoms with E-state index in [0.29, 0.717) is 6.04 Å². The minimum absolute atomic E-state index is 0.196. The van der Waals surface area contributed by atoms with Crippen molar-refractivity contribution >= 4 is 5.96 Å². The summed E-state index contributed by atoms with van der Waals surface area (Å²) in [6.45, 7) is 17.6. The second-order valence-corrected chi connectivity index (χ2v) is 8.88. The van der Waals surface area contributed by atoms with E-state index in [2.05, 4.69) is 40.9 Å². The Balaban J connectivity index is 1.57. The molecule has 3 aliphatic rings. The van der Waals surface area contributed by atoms with Gasteiger partial charge in [-0.2, -0.15) is 0 Å². The Morgan fingerprint density at radius 3 is 2.43 bits per heavy atom. The smallest absolute Gasteiger partial charge is 0.191 e. The summed E-state index contributed by atoms with van der Waals surface area (Å²) in [7, 11) is 0. The predicted molar refractivity (Wildman–Crippen MR) is 117 cm³/mol. The molecule has 0 unspecified atom stereocenters. The van der Waals surface area contributed by atoms with Gasteiger partial charge in [-0.25, -0.2) is 0 Å². The molecule has 6 nitrogen and oxygen atoms in total. The lowest BCUT2D eigenvalue weighted by Crippen LogP contribution is -2.54. The molecule has 0 spiro atoms. The van der Waals surface area contributed by atoms with Crippen LogP contribution >= 0.6 is 0 Å². The molecule has 160 valence electrons. The van der Waals surface area contributed by atoms with Crippen molar-refractivity contribution in [1.82, 2.24) is 20.4 Å². The average molecular weight is 392 g/mol. The number of likely N-dealkylation sites (tertiary alicyclic amines) is 2. The van der Waals surface area contributed by atoms with E-state index >= 15 is 0 Å². The highest BCUT2D eigenvalue weighted by molar-refractivity contribution is 5.80. The lowest BCUT2D eigenvalue weighted by atomic mass is 9.88. The molecule has 0 aromatic carbocycles. The fraction of sp³-hybridized carbons (Fsp3) is 0.864. The first-order chi connectivity index (χ1) is 13.6. The van der Waals surface area contributed by atoms with Crippen molar-refractivity contribution in [3.8, 4) is 0 Å². The zero-order valence-corrected chi connectivity index (χ0v) is 18.1. The number of guanidine groups is 1. The molecule has 2 N–H and O–H groups in total.